The van der Waals surface area contributed by atoms with Crippen LogP contribution in [0.3, 0.4) is 0 Å². The van der Waals surface area contributed by atoms with Gasteiger partial charge in [0.2, 0.25) is 5.91 Å². The number of fused-ring (bicyclic) bond motifs is 1. The van der Waals surface area contributed by atoms with Gasteiger partial charge in [0.15, 0.2) is 6.10 Å². The van der Waals surface area contributed by atoms with E-state index in [-0.39, 0.29) is 23.9 Å². The fourth-order valence-corrected chi connectivity index (χ4v) is 7.55. The number of β-lactam (4-membered cyclic amide) rings is 1. The molecule has 8 nitrogen and oxygen atoms in total. The highest BCUT2D eigenvalue weighted by atomic mass is 32.2. The summed E-state index contributed by atoms with van der Waals surface area (Å²) in [5, 5.41) is 2.42. The molecule has 0 spiro atoms. The second-order valence-corrected chi connectivity index (χ2v) is 12.4. The standard InChI is InChI=1S/C34H28N2O6S2/c37-27(18-22-10-4-1-5-11-22)35-29-32(39)36-30(25(21-44-33(29)36)20-43-26-16-17-41-28(38)19-26)34(40)42-31(23-12-6-2-7-13-23)24-14-8-3-9-15-24/h1-17,19,29,31,33H,18,20-21H2,(H,35,37)/t29-,33-/m1/s1. The van der Waals surface area contributed by atoms with Gasteiger partial charge >= 0.3 is 11.6 Å². The summed E-state index contributed by atoms with van der Waals surface area (Å²) in [6.45, 7) is 0. The Balaban J connectivity index is 1.27. The Morgan fingerprint density at radius 3 is 2.20 bits per heavy atom. The van der Waals surface area contributed by atoms with Crippen LogP contribution in [0.15, 0.2) is 135 Å². The highest BCUT2D eigenvalue weighted by molar-refractivity contribution is 8.01. The van der Waals surface area contributed by atoms with Crippen LogP contribution in [0.25, 0.3) is 0 Å². The molecule has 1 aromatic heterocycles. The van der Waals surface area contributed by atoms with Crippen molar-refractivity contribution in [2.24, 2.45) is 0 Å². The first kappa shape index (κ1) is 29.5. The van der Waals surface area contributed by atoms with E-state index in [1.54, 1.807) is 6.07 Å². The van der Waals surface area contributed by atoms with Gasteiger partial charge in [-0.15, -0.1) is 23.5 Å². The number of ether oxygens (including phenoxy) is 1. The Hall–Kier alpha value is -4.54. The number of rotatable bonds is 10. The minimum Gasteiger partial charge on any atom is -0.448 e. The SMILES string of the molecule is O=C(Cc1ccccc1)N[C@@H]1C(=O)N2C(C(=O)OC(c3ccccc3)c3ccccc3)=C(CSc3ccoc(=O)c3)CS[C@H]12. The largest absolute Gasteiger partial charge is 0.448 e. The van der Waals surface area contributed by atoms with Gasteiger partial charge in [-0.25, -0.2) is 9.59 Å². The van der Waals surface area contributed by atoms with Gasteiger partial charge in [0.1, 0.15) is 17.1 Å². The van der Waals surface area contributed by atoms with E-state index in [9.17, 15) is 19.2 Å². The molecule has 0 bridgehead atoms. The second kappa shape index (κ2) is 13.4. The second-order valence-electron chi connectivity index (χ2n) is 10.3. The van der Waals surface area contributed by atoms with E-state index in [2.05, 4.69) is 5.32 Å². The van der Waals surface area contributed by atoms with Crippen LogP contribution in [0.5, 0.6) is 0 Å². The quantitative estimate of drug-likeness (QED) is 0.150. The van der Waals surface area contributed by atoms with Crippen LogP contribution in [0, 0.1) is 0 Å². The van der Waals surface area contributed by atoms with Crippen LogP contribution in [0.1, 0.15) is 22.8 Å². The average molecular weight is 625 g/mol. The van der Waals surface area contributed by atoms with Crippen molar-refractivity contribution in [3.05, 3.63) is 148 Å². The minimum absolute atomic E-state index is 0.148. The maximum atomic E-state index is 14.1. The highest BCUT2D eigenvalue weighted by Crippen LogP contribution is 2.42. The predicted octanol–water partition coefficient (Wildman–Crippen LogP) is 4.96. The molecule has 0 aliphatic carbocycles. The number of amides is 2. The fourth-order valence-electron chi connectivity index (χ4n) is 5.16. The number of benzene rings is 3. The summed E-state index contributed by atoms with van der Waals surface area (Å²) >= 11 is 2.85. The van der Waals surface area contributed by atoms with Gasteiger partial charge in [0, 0.05) is 22.5 Å². The fraction of sp³-hybridized carbons (Fsp3) is 0.176. The van der Waals surface area contributed by atoms with Gasteiger partial charge in [-0.2, -0.15) is 0 Å². The van der Waals surface area contributed by atoms with Crippen molar-refractivity contribution in [2.45, 2.75) is 28.8 Å². The van der Waals surface area contributed by atoms with Gasteiger partial charge in [-0.1, -0.05) is 91.0 Å². The van der Waals surface area contributed by atoms with Crippen molar-refractivity contribution in [2.75, 3.05) is 11.5 Å². The molecule has 4 aromatic rings. The zero-order chi connectivity index (χ0) is 30.5. The van der Waals surface area contributed by atoms with Crippen LogP contribution in [0.4, 0.5) is 0 Å². The number of nitrogens with zero attached hydrogens (tertiary/aromatic N) is 1. The Morgan fingerprint density at radius 2 is 1.57 bits per heavy atom. The van der Waals surface area contributed by atoms with Crippen molar-refractivity contribution in [1.82, 2.24) is 10.2 Å². The minimum atomic E-state index is -0.758. The van der Waals surface area contributed by atoms with Crippen LogP contribution in [-0.4, -0.2) is 45.6 Å². The maximum absolute atomic E-state index is 14.1. The summed E-state index contributed by atoms with van der Waals surface area (Å²) in [6.07, 6.45) is 0.775. The number of carbonyl (C=O) groups is 3. The molecule has 0 saturated carbocycles. The number of nitrogens with one attached hydrogen (secondary N) is 1. The summed E-state index contributed by atoms with van der Waals surface area (Å²) in [6, 6.07) is 30.5. The van der Waals surface area contributed by atoms with Gasteiger partial charge in [-0.3, -0.25) is 14.5 Å². The molecule has 0 unspecified atom stereocenters. The number of hydrogen-bond acceptors (Lipinski definition) is 8. The molecule has 3 heterocycles. The summed E-state index contributed by atoms with van der Waals surface area (Å²) in [7, 11) is 0. The van der Waals surface area contributed by atoms with Gasteiger partial charge < -0.3 is 14.5 Å². The van der Waals surface area contributed by atoms with E-state index in [0.717, 1.165) is 16.7 Å². The molecule has 2 atom stereocenters. The lowest BCUT2D eigenvalue weighted by molar-refractivity contribution is -0.154. The lowest BCUT2D eigenvalue weighted by atomic mass is 10.0. The summed E-state index contributed by atoms with van der Waals surface area (Å²) in [5.41, 5.74) is 2.85. The predicted molar refractivity (Wildman–Crippen MR) is 169 cm³/mol. The third-order valence-corrected chi connectivity index (χ3v) is 9.70. The van der Waals surface area contributed by atoms with Crippen molar-refractivity contribution in [1.29, 1.82) is 0 Å². The maximum Gasteiger partial charge on any atom is 0.356 e. The van der Waals surface area contributed by atoms with Gasteiger partial charge in [-0.05, 0) is 28.3 Å². The molecule has 3 aromatic carbocycles. The zero-order valence-electron chi connectivity index (χ0n) is 23.5. The molecule has 44 heavy (non-hydrogen) atoms. The first-order chi connectivity index (χ1) is 21.5. The normalized spacial score (nSPS) is 17.6. The van der Waals surface area contributed by atoms with Crippen LogP contribution < -0.4 is 10.9 Å². The van der Waals surface area contributed by atoms with Gasteiger partial charge in [0.05, 0.1) is 12.7 Å². The number of esters is 1. The molecule has 222 valence electrons. The number of thioether (sulfide) groups is 2. The first-order valence-corrected chi connectivity index (χ1v) is 16.0. The molecule has 2 aliphatic heterocycles. The first-order valence-electron chi connectivity index (χ1n) is 14.0. The molecular formula is C34H28N2O6S2. The van der Waals surface area contributed by atoms with Crippen LogP contribution in [-0.2, 0) is 25.5 Å². The van der Waals surface area contributed by atoms with E-state index in [0.29, 0.717) is 22.0 Å². The number of carbonyl (C=O) groups excluding carboxylic acids is 3. The van der Waals surface area contributed by atoms with E-state index in [4.69, 9.17) is 9.15 Å². The Labute approximate surface area is 262 Å². The smallest absolute Gasteiger partial charge is 0.356 e. The van der Waals surface area contributed by atoms with Crippen LogP contribution in [0.2, 0.25) is 0 Å². The Kier molecular flexibility index (Phi) is 8.99. The molecule has 10 heteroatoms. The van der Waals surface area contributed by atoms with Crippen molar-refractivity contribution < 1.29 is 23.5 Å². The van der Waals surface area contributed by atoms with Crippen LogP contribution >= 0.6 is 23.5 Å². The van der Waals surface area contributed by atoms with Crippen molar-refractivity contribution in [3.8, 4) is 0 Å². The molecule has 1 N–H and O–H groups in total. The van der Waals surface area contributed by atoms with E-state index in [1.807, 2.05) is 91.0 Å². The summed E-state index contributed by atoms with van der Waals surface area (Å²) in [4.78, 5) is 54.4. The third kappa shape index (κ3) is 6.51. The van der Waals surface area contributed by atoms with Crippen molar-refractivity contribution >= 4 is 41.3 Å². The molecule has 0 radical (unpaired) electrons. The molecular weight excluding hydrogens is 597 g/mol. The monoisotopic (exact) mass is 624 g/mol. The highest BCUT2D eigenvalue weighted by Gasteiger charge is 2.54. The number of hydrogen-bond donors (Lipinski definition) is 1. The summed E-state index contributed by atoms with van der Waals surface area (Å²) in [5.74, 6) is -0.461. The molecule has 1 saturated heterocycles. The lowest BCUT2D eigenvalue weighted by Crippen LogP contribution is -2.70. The molecule has 2 amide bonds. The average Bonchev–Trinajstić information content (AvgIpc) is 3.06. The Bertz CT molecular complexity index is 1700. The van der Waals surface area contributed by atoms with E-state index in [1.165, 1.54) is 40.8 Å². The topological polar surface area (TPSA) is 106 Å². The Morgan fingerprint density at radius 1 is 0.932 bits per heavy atom. The molecule has 6 rings (SSSR count). The third-order valence-electron chi connectivity index (χ3n) is 7.28. The van der Waals surface area contributed by atoms with Crippen molar-refractivity contribution in [3.63, 3.8) is 0 Å². The van der Waals surface area contributed by atoms with E-state index < -0.39 is 29.1 Å². The molecule has 1 fully saturated rings. The lowest BCUT2D eigenvalue weighted by Gasteiger charge is -2.50. The van der Waals surface area contributed by atoms with Gasteiger partial charge in [0.25, 0.3) is 5.91 Å². The molecule has 2 aliphatic rings. The van der Waals surface area contributed by atoms with E-state index >= 15 is 0 Å². The summed E-state index contributed by atoms with van der Waals surface area (Å²) < 4.78 is 11.0. The zero-order valence-corrected chi connectivity index (χ0v) is 25.1.